The van der Waals surface area contributed by atoms with Crippen LogP contribution in [0, 0.1) is 24.0 Å². The molecule has 0 radical (unpaired) electrons. The van der Waals surface area contributed by atoms with Crippen LogP contribution in [-0.4, -0.2) is 34.1 Å². The monoisotopic (exact) mass is 372 g/mol. The molecule has 9 heteroatoms. The number of aromatic nitrogens is 1. The molecule has 0 spiro atoms. The van der Waals surface area contributed by atoms with Gasteiger partial charge < -0.3 is 9.72 Å². The summed E-state index contributed by atoms with van der Waals surface area (Å²) >= 11 is 0. The number of nitro benzene ring substituents is 1. The predicted molar refractivity (Wildman–Crippen MR) is 99.0 cm³/mol. The minimum atomic E-state index is -0.540. The zero-order valence-electron chi connectivity index (χ0n) is 15.5. The van der Waals surface area contributed by atoms with Gasteiger partial charge in [0.15, 0.2) is 0 Å². The van der Waals surface area contributed by atoms with Gasteiger partial charge >= 0.3 is 5.97 Å². The first-order valence-electron chi connectivity index (χ1n) is 8.22. The number of carbonyl (C=O) groups excluding carboxylic acids is 2. The highest BCUT2D eigenvalue weighted by atomic mass is 16.6. The Bertz CT molecular complexity index is 913. The van der Waals surface area contributed by atoms with E-state index in [4.69, 9.17) is 4.74 Å². The number of benzene rings is 1. The highest BCUT2D eigenvalue weighted by molar-refractivity contribution is 6.04. The molecule has 142 valence electrons. The lowest BCUT2D eigenvalue weighted by Crippen LogP contribution is -2.19. The van der Waals surface area contributed by atoms with Gasteiger partial charge in [0.1, 0.15) is 0 Å². The Balaban J connectivity index is 2.18. The number of nitrogens with zero attached hydrogens (tertiary/aromatic N) is 2. The number of carbonyl (C=O) groups is 2. The van der Waals surface area contributed by atoms with E-state index in [0.29, 0.717) is 28.2 Å². The third kappa shape index (κ3) is 4.38. The molecular weight excluding hydrogens is 352 g/mol. The van der Waals surface area contributed by atoms with Crippen molar-refractivity contribution in [3.63, 3.8) is 0 Å². The van der Waals surface area contributed by atoms with Gasteiger partial charge in [0, 0.05) is 23.4 Å². The Morgan fingerprint density at radius 2 is 1.89 bits per heavy atom. The largest absolute Gasteiger partial charge is 0.462 e. The number of hydrogen-bond acceptors (Lipinski definition) is 6. The lowest BCUT2D eigenvalue weighted by Gasteiger charge is -2.04. The zero-order valence-corrected chi connectivity index (χ0v) is 15.5. The van der Waals surface area contributed by atoms with E-state index in [9.17, 15) is 19.7 Å². The summed E-state index contributed by atoms with van der Waals surface area (Å²) in [6.45, 7) is 7.21. The molecule has 2 rings (SSSR count). The first-order valence-corrected chi connectivity index (χ1v) is 8.22. The van der Waals surface area contributed by atoms with Gasteiger partial charge in [0.05, 0.1) is 28.5 Å². The lowest BCUT2D eigenvalue weighted by molar-refractivity contribution is -0.384. The van der Waals surface area contributed by atoms with E-state index >= 15 is 0 Å². The molecule has 1 amide bonds. The average molecular weight is 372 g/mol. The maximum Gasteiger partial charge on any atom is 0.340 e. The van der Waals surface area contributed by atoms with Gasteiger partial charge in [0.2, 0.25) is 0 Å². The maximum absolute atomic E-state index is 12.1. The van der Waals surface area contributed by atoms with Crippen LogP contribution in [0.1, 0.15) is 51.5 Å². The van der Waals surface area contributed by atoms with Crippen molar-refractivity contribution >= 4 is 23.3 Å². The molecule has 27 heavy (non-hydrogen) atoms. The summed E-state index contributed by atoms with van der Waals surface area (Å²) in [5, 5.41) is 14.7. The summed E-state index contributed by atoms with van der Waals surface area (Å²) in [6, 6.07) is 5.19. The van der Waals surface area contributed by atoms with E-state index < -0.39 is 16.8 Å². The second-order valence-corrected chi connectivity index (χ2v) is 5.79. The summed E-state index contributed by atoms with van der Waals surface area (Å²) < 4.78 is 5.05. The summed E-state index contributed by atoms with van der Waals surface area (Å²) in [7, 11) is 0. The molecule has 0 saturated carbocycles. The van der Waals surface area contributed by atoms with E-state index in [1.54, 1.807) is 27.7 Å². The summed E-state index contributed by atoms with van der Waals surface area (Å²) in [5.74, 6) is -0.923. The molecule has 9 nitrogen and oxygen atoms in total. The fraction of sp³-hybridized carbons (Fsp3) is 0.278. The van der Waals surface area contributed by atoms with Crippen LogP contribution in [0.25, 0.3) is 0 Å². The van der Waals surface area contributed by atoms with Crippen LogP contribution < -0.4 is 5.43 Å². The molecule has 0 fully saturated rings. The van der Waals surface area contributed by atoms with Gasteiger partial charge in [-0.25, -0.2) is 10.2 Å². The van der Waals surface area contributed by atoms with Gasteiger partial charge in [-0.05, 0) is 45.4 Å². The second kappa shape index (κ2) is 8.26. The SMILES string of the molecule is CCOC(=O)c1c(C)[nH]c(/C(C)=N/NC(=O)c2ccc([N+](=O)[O-])cc2)c1C. The maximum atomic E-state index is 12.1. The topological polar surface area (TPSA) is 127 Å². The number of amides is 1. The number of hydrazone groups is 1. The number of H-pyrrole nitrogens is 1. The minimum Gasteiger partial charge on any atom is -0.462 e. The molecule has 1 aromatic carbocycles. The van der Waals surface area contributed by atoms with Crippen molar-refractivity contribution in [3.8, 4) is 0 Å². The molecule has 2 N–H and O–H groups in total. The predicted octanol–water partition coefficient (Wildman–Crippen LogP) is 2.87. The molecule has 0 aliphatic heterocycles. The Morgan fingerprint density at radius 3 is 2.44 bits per heavy atom. The highest BCUT2D eigenvalue weighted by Crippen LogP contribution is 2.19. The standard InChI is InChI=1S/C18H20N4O5/c1-5-27-18(24)15-10(2)16(19-11(15)3)12(4)20-21-17(23)13-6-8-14(9-7-13)22(25)26/h6-9,19H,5H2,1-4H3,(H,21,23)/b20-12+. The van der Waals surface area contributed by atoms with E-state index in [1.807, 2.05) is 0 Å². The smallest absolute Gasteiger partial charge is 0.340 e. The number of nitro groups is 1. The number of esters is 1. The van der Waals surface area contributed by atoms with E-state index in [0.717, 1.165) is 0 Å². The van der Waals surface area contributed by atoms with E-state index in [1.165, 1.54) is 24.3 Å². The third-order valence-corrected chi connectivity index (χ3v) is 3.94. The number of non-ortho nitro benzene ring substituents is 1. The zero-order chi connectivity index (χ0) is 20.1. The molecular formula is C18H20N4O5. The van der Waals surface area contributed by atoms with Gasteiger partial charge in [-0.15, -0.1) is 0 Å². The Morgan fingerprint density at radius 1 is 1.26 bits per heavy atom. The fourth-order valence-electron chi connectivity index (χ4n) is 2.61. The van der Waals surface area contributed by atoms with Crippen LogP contribution in [0.3, 0.4) is 0 Å². The Labute approximate surface area is 155 Å². The minimum absolute atomic E-state index is 0.102. The van der Waals surface area contributed by atoms with Gasteiger partial charge in [-0.3, -0.25) is 14.9 Å². The first-order chi connectivity index (χ1) is 12.8. The van der Waals surface area contributed by atoms with Crippen molar-refractivity contribution in [3.05, 3.63) is 62.5 Å². The van der Waals surface area contributed by atoms with Crippen LogP contribution in [0.2, 0.25) is 0 Å². The quantitative estimate of drug-likeness (QED) is 0.349. The summed E-state index contributed by atoms with van der Waals surface area (Å²) in [5.41, 5.74) is 5.40. The van der Waals surface area contributed by atoms with Crippen LogP contribution >= 0.6 is 0 Å². The van der Waals surface area contributed by atoms with Crippen LogP contribution in [0.4, 0.5) is 5.69 Å². The van der Waals surface area contributed by atoms with Crippen molar-refractivity contribution in [1.29, 1.82) is 0 Å². The fourth-order valence-corrected chi connectivity index (χ4v) is 2.61. The molecule has 1 aromatic heterocycles. The average Bonchev–Trinajstić information content (AvgIpc) is 2.94. The molecule has 0 aliphatic carbocycles. The number of hydrogen-bond donors (Lipinski definition) is 2. The Hall–Kier alpha value is -3.49. The first kappa shape index (κ1) is 19.8. The van der Waals surface area contributed by atoms with Crippen molar-refractivity contribution in [1.82, 2.24) is 10.4 Å². The normalized spacial score (nSPS) is 11.2. The highest BCUT2D eigenvalue weighted by Gasteiger charge is 2.20. The van der Waals surface area contributed by atoms with Crippen LogP contribution in [-0.2, 0) is 4.74 Å². The van der Waals surface area contributed by atoms with Crippen molar-refractivity contribution in [2.24, 2.45) is 5.10 Å². The molecule has 0 bridgehead atoms. The Kier molecular flexibility index (Phi) is 6.07. The number of rotatable bonds is 6. The van der Waals surface area contributed by atoms with Crippen molar-refractivity contribution in [2.45, 2.75) is 27.7 Å². The number of nitrogens with one attached hydrogen (secondary N) is 2. The van der Waals surface area contributed by atoms with E-state index in [2.05, 4.69) is 15.5 Å². The molecule has 1 heterocycles. The lowest BCUT2D eigenvalue weighted by atomic mass is 10.1. The third-order valence-electron chi connectivity index (χ3n) is 3.94. The van der Waals surface area contributed by atoms with Crippen molar-refractivity contribution < 1.29 is 19.2 Å². The summed E-state index contributed by atoms with van der Waals surface area (Å²) in [4.78, 5) is 37.4. The van der Waals surface area contributed by atoms with Crippen molar-refractivity contribution in [2.75, 3.05) is 6.61 Å². The second-order valence-electron chi connectivity index (χ2n) is 5.79. The summed E-state index contributed by atoms with van der Waals surface area (Å²) in [6.07, 6.45) is 0. The van der Waals surface area contributed by atoms with E-state index in [-0.39, 0.29) is 17.9 Å². The number of ether oxygens (including phenoxy) is 1. The molecule has 2 aromatic rings. The molecule has 0 aliphatic rings. The molecule has 0 unspecified atom stereocenters. The number of aromatic amines is 1. The van der Waals surface area contributed by atoms with Crippen LogP contribution in [0.5, 0.6) is 0 Å². The van der Waals surface area contributed by atoms with Gasteiger partial charge in [-0.2, -0.15) is 5.10 Å². The number of aryl methyl sites for hydroxylation is 1. The molecule has 0 saturated heterocycles. The van der Waals surface area contributed by atoms with Gasteiger partial charge in [-0.1, -0.05) is 0 Å². The van der Waals surface area contributed by atoms with Crippen LogP contribution in [0.15, 0.2) is 29.4 Å². The van der Waals surface area contributed by atoms with Gasteiger partial charge in [0.25, 0.3) is 11.6 Å². The molecule has 0 atom stereocenters.